The molecule has 0 aromatic carbocycles. The predicted molar refractivity (Wildman–Crippen MR) is 56.7 cm³/mol. The van der Waals surface area contributed by atoms with Gasteiger partial charge in [-0.05, 0) is 6.92 Å². The predicted octanol–water partition coefficient (Wildman–Crippen LogP) is -0.321. The second kappa shape index (κ2) is 3.26. The van der Waals surface area contributed by atoms with Gasteiger partial charge in [0.2, 0.25) is 5.91 Å². The van der Waals surface area contributed by atoms with E-state index < -0.39 is 22.8 Å². The molecule has 0 aromatic rings. The van der Waals surface area contributed by atoms with Crippen molar-refractivity contribution < 1.29 is 14.7 Å². The summed E-state index contributed by atoms with van der Waals surface area (Å²) in [5.41, 5.74) is 5.60. The topological polar surface area (TPSA) is 83.6 Å². The first kappa shape index (κ1) is 11.0. The summed E-state index contributed by atoms with van der Waals surface area (Å²) in [6.07, 6.45) is 0. The van der Waals surface area contributed by atoms with Crippen molar-refractivity contribution in [1.29, 1.82) is 0 Å². The zero-order valence-electron chi connectivity index (χ0n) is 8.01. The van der Waals surface area contributed by atoms with Crippen LogP contribution < -0.4 is 5.73 Å². The third-order valence-electron chi connectivity index (χ3n) is 2.87. The lowest BCUT2D eigenvalue weighted by atomic mass is 9.96. The zero-order chi connectivity index (χ0) is 11.4. The van der Waals surface area contributed by atoms with E-state index in [1.807, 2.05) is 0 Å². The number of carboxylic acids is 1. The number of hydrogen-bond donors (Lipinski definition) is 2. The van der Waals surface area contributed by atoms with E-state index in [0.29, 0.717) is 0 Å². The fourth-order valence-corrected chi connectivity index (χ4v) is 3.93. The van der Waals surface area contributed by atoms with Crippen LogP contribution in [0.2, 0.25) is 0 Å². The molecule has 84 valence electrons. The molecule has 2 rings (SSSR count). The molecule has 5 nitrogen and oxygen atoms in total. The number of hydrogen-bond acceptors (Lipinski definition) is 4. The average Bonchev–Trinajstić information content (AvgIpc) is 2.49. The van der Waals surface area contributed by atoms with Crippen LogP contribution in [0.15, 0.2) is 0 Å². The second-order valence-electron chi connectivity index (χ2n) is 3.97. The van der Waals surface area contributed by atoms with E-state index in [0.717, 1.165) is 0 Å². The van der Waals surface area contributed by atoms with Gasteiger partial charge in [0, 0.05) is 5.88 Å². The Balaban J connectivity index is 2.33. The van der Waals surface area contributed by atoms with Crippen LogP contribution in [-0.2, 0) is 9.59 Å². The minimum Gasteiger partial charge on any atom is -0.480 e. The fraction of sp³-hybridized carbons (Fsp3) is 0.750. The SMILES string of the molecule is CC1(CCl)S[C@@H]2C(N)C(=O)N2C1C(=O)O. The number of nitrogens with two attached hydrogens (primary N) is 1. The van der Waals surface area contributed by atoms with Crippen LogP contribution in [0.4, 0.5) is 0 Å². The Morgan fingerprint density at radius 1 is 1.80 bits per heavy atom. The summed E-state index contributed by atoms with van der Waals surface area (Å²) in [6, 6.07) is -1.45. The summed E-state index contributed by atoms with van der Waals surface area (Å²) in [5, 5.41) is 8.87. The average molecular weight is 251 g/mol. The second-order valence-corrected chi connectivity index (χ2v) is 5.89. The van der Waals surface area contributed by atoms with E-state index in [2.05, 4.69) is 0 Å². The number of nitrogens with zero attached hydrogens (tertiary/aromatic N) is 1. The number of aliphatic carboxylic acids is 1. The van der Waals surface area contributed by atoms with Gasteiger partial charge in [-0.2, -0.15) is 0 Å². The summed E-state index contributed by atoms with van der Waals surface area (Å²) < 4.78 is -0.651. The van der Waals surface area contributed by atoms with Gasteiger partial charge in [-0.3, -0.25) is 4.79 Å². The zero-order valence-corrected chi connectivity index (χ0v) is 9.59. The number of thioether (sulfide) groups is 1. The van der Waals surface area contributed by atoms with Crippen molar-refractivity contribution in [3.05, 3.63) is 0 Å². The number of rotatable bonds is 2. The molecule has 15 heavy (non-hydrogen) atoms. The van der Waals surface area contributed by atoms with Gasteiger partial charge < -0.3 is 15.7 Å². The molecule has 2 saturated heterocycles. The molecule has 2 heterocycles. The van der Waals surface area contributed by atoms with Gasteiger partial charge in [0.15, 0.2) is 0 Å². The molecule has 4 atom stereocenters. The van der Waals surface area contributed by atoms with Crippen LogP contribution in [0.5, 0.6) is 0 Å². The van der Waals surface area contributed by atoms with E-state index in [1.165, 1.54) is 16.7 Å². The van der Waals surface area contributed by atoms with Crippen LogP contribution in [0, 0.1) is 0 Å². The maximum atomic E-state index is 11.4. The minimum absolute atomic E-state index is 0.182. The lowest BCUT2D eigenvalue weighted by molar-refractivity contribution is -0.159. The summed E-state index contributed by atoms with van der Waals surface area (Å²) >= 11 is 7.16. The maximum Gasteiger partial charge on any atom is 0.327 e. The summed E-state index contributed by atoms with van der Waals surface area (Å²) in [5.74, 6) is -1.14. The van der Waals surface area contributed by atoms with Crippen molar-refractivity contribution in [2.75, 3.05) is 5.88 Å². The van der Waals surface area contributed by atoms with Gasteiger partial charge in [-0.25, -0.2) is 4.79 Å². The largest absolute Gasteiger partial charge is 0.480 e. The number of amides is 1. The van der Waals surface area contributed by atoms with E-state index in [-0.39, 0.29) is 17.2 Å². The number of carboxylic acid groups (broad SMARTS) is 1. The Morgan fingerprint density at radius 2 is 2.40 bits per heavy atom. The number of alkyl halides is 1. The highest BCUT2D eigenvalue weighted by Crippen LogP contribution is 2.50. The highest BCUT2D eigenvalue weighted by atomic mass is 35.5. The number of halogens is 1. The summed E-state index contributed by atoms with van der Waals surface area (Å²) in [7, 11) is 0. The van der Waals surface area contributed by atoms with Gasteiger partial charge in [0.1, 0.15) is 17.5 Å². The molecule has 3 N–H and O–H groups in total. The van der Waals surface area contributed by atoms with Crippen LogP contribution in [0.25, 0.3) is 0 Å². The van der Waals surface area contributed by atoms with Crippen molar-refractivity contribution >= 4 is 35.2 Å². The molecule has 1 amide bonds. The maximum absolute atomic E-state index is 11.4. The molecule has 0 saturated carbocycles. The first-order valence-corrected chi connectivity index (χ1v) is 5.88. The molecule has 0 spiro atoms. The van der Waals surface area contributed by atoms with Gasteiger partial charge in [-0.1, -0.05) is 0 Å². The third kappa shape index (κ3) is 1.28. The monoisotopic (exact) mass is 250 g/mol. The molecule has 2 aliphatic rings. The Kier molecular flexibility index (Phi) is 2.40. The Morgan fingerprint density at radius 3 is 2.87 bits per heavy atom. The van der Waals surface area contributed by atoms with Crippen LogP contribution in [0.3, 0.4) is 0 Å². The molecule has 0 aromatic heterocycles. The quantitative estimate of drug-likeness (QED) is 0.518. The lowest BCUT2D eigenvalue weighted by Crippen LogP contribution is -2.68. The fourth-order valence-electron chi connectivity index (χ4n) is 2.03. The van der Waals surface area contributed by atoms with E-state index in [9.17, 15) is 9.59 Å². The molecule has 0 radical (unpaired) electrons. The minimum atomic E-state index is -1.02. The van der Waals surface area contributed by atoms with Crippen molar-refractivity contribution in [2.24, 2.45) is 5.73 Å². The van der Waals surface area contributed by atoms with Gasteiger partial charge in [0.05, 0.1) is 4.75 Å². The number of carbonyl (C=O) groups excluding carboxylic acids is 1. The van der Waals surface area contributed by atoms with Crippen LogP contribution >= 0.6 is 23.4 Å². The number of β-lactam (4-membered cyclic amide) rings is 1. The van der Waals surface area contributed by atoms with Crippen LogP contribution in [-0.4, -0.2) is 50.0 Å². The Hall–Kier alpha value is -0.460. The van der Waals surface area contributed by atoms with Crippen molar-refractivity contribution in [1.82, 2.24) is 4.90 Å². The van der Waals surface area contributed by atoms with Gasteiger partial charge in [0.25, 0.3) is 0 Å². The molecule has 2 fully saturated rings. The van der Waals surface area contributed by atoms with Crippen molar-refractivity contribution in [3.8, 4) is 0 Å². The van der Waals surface area contributed by atoms with Crippen molar-refractivity contribution in [3.63, 3.8) is 0 Å². The highest BCUT2D eigenvalue weighted by Gasteiger charge is 2.64. The van der Waals surface area contributed by atoms with E-state index in [1.54, 1.807) is 6.92 Å². The summed E-state index contributed by atoms with van der Waals surface area (Å²) in [4.78, 5) is 23.9. The first-order chi connectivity index (χ1) is 6.92. The normalized spacial score (nSPS) is 43.8. The van der Waals surface area contributed by atoms with E-state index in [4.69, 9.17) is 22.4 Å². The van der Waals surface area contributed by atoms with Gasteiger partial charge >= 0.3 is 5.97 Å². The molecule has 3 unspecified atom stereocenters. The Labute approximate surface area is 95.9 Å². The van der Waals surface area contributed by atoms with Crippen molar-refractivity contribution in [2.45, 2.75) is 29.1 Å². The van der Waals surface area contributed by atoms with Gasteiger partial charge in [-0.15, -0.1) is 23.4 Å². The molecular weight excluding hydrogens is 240 g/mol. The third-order valence-corrected chi connectivity index (χ3v) is 5.25. The lowest BCUT2D eigenvalue weighted by Gasteiger charge is -2.41. The first-order valence-electron chi connectivity index (χ1n) is 4.47. The molecule has 7 heteroatoms. The molecule has 0 aliphatic carbocycles. The highest BCUT2D eigenvalue weighted by molar-refractivity contribution is 8.01. The Bertz CT molecular complexity index is 340. The standard InChI is InChI=1S/C8H11ClN2O3S/c1-8(2-9)4(7(13)14)11-5(12)3(10)6(11)15-8/h3-4,6H,2,10H2,1H3,(H,13,14)/t3?,4?,6-,8?/m1/s1. The number of carbonyl (C=O) groups is 2. The van der Waals surface area contributed by atoms with Crippen LogP contribution in [0.1, 0.15) is 6.92 Å². The number of fused-ring (bicyclic) bond motifs is 1. The molecular formula is C8H11ClN2O3S. The molecule has 0 bridgehead atoms. The summed E-state index contributed by atoms with van der Waals surface area (Å²) in [6.45, 7) is 1.75. The molecule has 2 aliphatic heterocycles. The smallest absolute Gasteiger partial charge is 0.327 e. The van der Waals surface area contributed by atoms with E-state index >= 15 is 0 Å².